The SMILES string of the molecule is CCCNC(=O)c1cc(NCc2ccccc2F)nc(C)n1. The average molecular weight is 302 g/mol. The third-order valence-electron chi connectivity index (χ3n) is 3.02. The summed E-state index contributed by atoms with van der Waals surface area (Å²) in [6.45, 7) is 4.58. The van der Waals surface area contributed by atoms with Crippen LogP contribution in [0.25, 0.3) is 0 Å². The molecule has 0 aliphatic carbocycles. The fourth-order valence-corrected chi connectivity index (χ4v) is 1.93. The monoisotopic (exact) mass is 302 g/mol. The predicted molar refractivity (Wildman–Crippen MR) is 83.1 cm³/mol. The average Bonchev–Trinajstić information content (AvgIpc) is 2.51. The highest BCUT2D eigenvalue weighted by molar-refractivity contribution is 5.92. The van der Waals surface area contributed by atoms with E-state index in [0.717, 1.165) is 6.42 Å². The largest absolute Gasteiger partial charge is 0.366 e. The Hall–Kier alpha value is -2.50. The first kappa shape index (κ1) is 15.9. The Morgan fingerprint density at radius 2 is 2.05 bits per heavy atom. The molecule has 2 aromatic rings. The maximum atomic E-state index is 13.6. The van der Waals surface area contributed by atoms with Crippen LogP contribution in [0, 0.1) is 12.7 Å². The highest BCUT2D eigenvalue weighted by Crippen LogP contribution is 2.11. The third kappa shape index (κ3) is 4.25. The molecule has 0 radical (unpaired) electrons. The van der Waals surface area contributed by atoms with Crippen molar-refractivity contribution in [1.82, 2.24) is 15.3 Å². The summed E-state index contributed by atoms with van der Waals surface area (Å²) in [7, 11) is 0. The molecule has 2 N–H and O–H groups in total. The van der Waals surface area contributed by atoms with Crippen LogP contribution in [0.3, 0.4) is 0 Å². The Labute approximate surface area is 129 Å². The fraction of sp³-hybridized carbons (Fsp3) is 0.312. The van der Waals surface area contributed by atoms with E-state index in [1.807, 2.05) is 6.92 Å². The second kappa shape index (κ2) is 7.49. The maximum absolute atomic E-state index is 13.6. The van der Waals surface area contributed by atoms with E-state index in [1.54, 1.807) is 31.2 Å². The molecule has 0 bridgehead atoms. The lowest BCUT2D eigenvalue weighted by Crippen LogP contribution is -2.25. The maximum Gasteiger partial charge on any atom is 0.270 e. The molecule has 2 rings (SSSR count). The van der Waals surface area contributed by atoms with Crippen molar-refractivity contribution in [3.8, 4) is 0 Å². The lowest BCUT2D eigenvalue weighted by molar-refractivity contribution is 0.0948. The van der Waals surface area contributed by atoms with Gasteiger partial charge in [-0.1, -0.05) is 25.1 Å². The molecule has 0 spiro atoms. The summed E-state index contributed by atoms with van der Waals surface area (Å²) in [6.07, 6.45) is 0.855. The van der Waals surface area contributed by atoms with Gasteiger partial charge in [0.25, 0.3) is 5.91 Å². The number of hydrogen-bond donors (Lipinski definition) is 2. The Kier molecular flexibility index (Phi) is 5.41. The van der Waals surface area contributed by atoms with E-state index in [1.165, 1.54) is 6.07 Å². The molecule has 0 unspecified atom stereocenters. The molecule has 1 aromatic carbocycles. The summed E-state index contributed by atoms with van der Waals surface area (Å²) in [5, 5.41) is 5.79. The smallest absolute Gasteiger partial charge is 0.270 e. The van der Waals surface area contributed by atoms with Gasteiger partial charge in [0, 0.05) is 24.7 Å². The minimum absolute atomic E-state index is 0.235. The zero-order valence-corrected chi connectivity index (χ0v) is 12.7. The highest BCUT2D eigenvalue weighted by Gasteiger charge is 2.10. The molecule has 1 aromatic heterocycles. The number of nitrogens with zero attached hydrogens (tertiary/aromatic N) is 2. The number of carbonyl (C=O) groups excluding carboxylic acids is 1. The molecule has 0 aliphatic heterocycles. The number of amides is 1. The van der Waals surface area contributed by atoms with E-state index in [0.29, 0.717) is 36.0 Å². The third-order valence-corrected chi connectivity index (χ3v) is 3.02. The van der Waals surface area contributed by atoms with Crippen molar-refractivity contribution in [3.63, 3.8) is 0 Å². The molecule has 0 fully saturated rings. The first-order valence-electron chi connectivity index (χ1n) is 7.21. The molecular formula is C16H19FN4O. The van der Waals surface area contributed by atoms with E-state index in [2.05, 4.69) is 20.6 Å². The molecule has 116 valence electrons. The van der Waals surface area contributed by atoms with Gasteiger partial charge in [-0.25, -0.2) is 14.4 Å². The number of halogens is 1. The summed E-state index contributed by atoms with van der Waals surface area (Å²) < 4.78 is 13.6. The summed E-state index contributed by atoms with van der Waals surface area (Å²) in [4.78, 5) is 20.3. The van der Waals surface area contributed by atoms with E-state index in [9.17, 15) is 9.18 Å². The second-order valence-corrected chi connectivity index (χ2v) is 4.89. The number of aryl methyl sites for hydroxylation is 1. The van der Waals surface area contributed by atoms with E-state index in [-0.39, 0.29) is 11.7 Å². The summed E-state index contributed by atoms with van der Waals surface area (Å²) >= 11 is 0. The summed E-state index contributed by atoms with van der Waals surface area (Å²) in [5.74, 6) is 0.473. The molecule has 1 amide bonds. The van der Waals surface area contributed by atoms with Crippen molar-refractivity contribution in [3.05, 3.63) is 53.2 Å². The van der Waals surface area contributed by atoms with Gasteiger partial charge in [0.05, 0.1) is 0 Å². The Morgan fingerprint density at radius 3 is 2.77 bits per heavy atom. The van der Waals surface area contributed by atoms with Crippen molar-refractivity contribution in [2.75, 3.05) is 11.9 Å². The molecular weight excluding hydrogens is 283 g/mol. The van der Waals surface area contributed by atoms with Crippen LogP contribution in [0.5, 0.6) is 0 Å². The predicted octanol–water partition coefficient (Wildman–Crippen LogP) is 2.68. The van der Waals surface area contributed by atoms with Crippen LogP contribution in [0.2, 0.25) is 0 Å². The van der Waals surface area contributed by atoms with Crippen molar-refractivity contribution in [1.29, 1.82) is 0 Å². The highest BCUT2D eigenvalue weighted by atomic mass is 19.1. The van der Waals surface area contributed by atoms with E-state index in [4.69, 9.17) is 0 Å². The molecule has 6 heteroatoms. The molecule has 0 saturated heterocycles. The molecule has 0 atom stereocenters. The van der Waals surface area contributed by atoms with Gasteiger partial charge >= 0.3 is 0 Å². The van der Waals surface area contributed by atoms with Crippen molar-refractivity contribution in [2.45, 2.75) is 26.8 Å². The Bertz CT molecular complexity index is 660. The van der Waals surface area contributed by atoms with Gasteiger partial charge in [-0.15, -0.1) is 0 Å². The number of anilines is 1. The molecule has 1 heterocycles. The van der Waals surface area contributed by atoms with Crippen LogP contribution in [0.15, 0.2) is 30.3 Å². The number of hydrogen-bond acceptors (Lipinski definition) is 4. The second-order valence-electron chi connectivity index (χ2n) is 4.89. The Balaban J connectivity index is 2.09. The van der Waals surface area contributed by atoms with E-state index >= 15 is 0 Å². The van der Waals surface area contributed by atoms with E-state index < -0.39 is 0 Å². The lowest BCUT2D eigenvalue weighted by Gasteiger charge is -2.09. The van der Waals surface area contributed by atoms with Gasteiger partial charge in [-0.3, -0.25) is 4.79 Å². The zero-order valence-electron chi connectivity index (χ0n) is 12.7. The molecule has 0 saturated carbocycles. The fourth-order valence-electron chi connectivity index (χ4n) is 1.93. The van der Waals surface area contributed by atoms with Crippen molar-refractivity contribution < 1.29 is 9.18 Å². The quantitative estimate of drug-likeness (QED) is 0.861. The van der Waals surface area contributed by atoms with Crippen LogP contribution in [0.4, 0.5) is 10.2 Å². The van der Waals surface area contributed by atoms with Crippen LogP contribution >= 0.6 is 0 Å². The van der Waals surface area contributed by atoms with Crippen LogP contribution in [-0.4, -0.2) is 22.4 Å². The van der Waals surface area contributed by atoms with Crippen LogP contribution in [0.1, 0.15) is 35.2 Å². The molecule has 5 nitrogen and oxygen atoms in total. The van der Waals surface area contributed by atoms with Gasteiger partial charge in [0.2, 0.25) is 0 Å². The van der Waals surface area contributed by atoms with Gasteiger partial charge in [0.15, 0.2) is 0 Å². The normalized spacial score (nSPS) is 10.3. The van der Waals surface area contributed by atoms with Crippen molar-refractivity contribution >= 4 is 11.7 Å². The number of aromatic nitrogens is 2. The lowest BCUT2D eigenvalue weighted by atomic mass is 10.2. The zero-order chi connectivity index (χ0) is 15.9. The van der Waals surface area contributed by atoms with Gasteiger partial charge in [0.1, 0.15) is 23.2 Å². The number of rotatable bonds is 6. The standard InChI is InChI=1S/C16H19FN4O/c1-3-8-18-16(22)14-9-15(21-11(2)20-14)19-10-12-6-4-5-7-13(12)17/h4-7,9H,3,8,10H2,1-2H3,(H,18,22)(H,19,20,21). The molecule has 0 aliphatic rings. The van der Waals surface area contributed by atoms with Gasteiger partial charge in [-0.2, -0.15) is 0 Å². The van der Waals surface area contributed by atoms with Crippen LogP contribution in [-0.2, 0) is 6.54 Å². The number of nitrogens with one attached hydrogen (secondary N) is 2. The van der Waals surface area contributed by atoms with Crippen LogP contribution < -0.4 is 10.6 Å². The number of benzene rings is 1. The topological polar surface area (TPSA) is 66.9 Å². The summed E-state index contributed by atoms with van der Waals surface area (Å²) in [5.41, 5.74) is 0.840. The first-order chi connectivity index (χ1) is 10.6. The van der Waals surface area contributed by atoms with Gasteiger partial charge < -0.3 is 10.6 Å². The summed E-state index contributed by atoms with van der Waals surface area (Å²) in [6, 6.07) is 8.09. The number of carbonyl (C=O) groups is 1. The van der Waals surface area contributed by atoms with Crippen molar-refractivity contribution in [2.24, 2.45) is 0 Å². The Morgan fingerprint density at radius 1 is 1.27 bits per heavy atom. The minimum atomic E-state index is -0.276. The first-order valence-corrected chi connectivity index (χ1v) is 7.21. The minimum Gasteiger partial charge on any atom is -0.366 e. The van der Waals surface area contributed by atoms with Gasteiger partial charge in [-0.05, 0) is 19.4 Å². The molecule has 22 heavy (non-hydrogen) atoms.